The Morgan fingerprint density at radius 2 is 1.82 bits per heavy atom. The summed E-state index contributed by atoms with van der Waals surface area (Å²) < 4.78 is 0.971. The van der Waals surface area contributed by atoms with E-state index in [1.165, 1.54) is 0 Å². The molecular weight excluding hydrogens is 360 g/mol. The van der Waals surface area contributed by atoms with Crippen molar-refractivity contribution in [2.75, 3.05) is 0 Å². The van der Waals surface area contributed by atoms with Crippen LogP contribution >= 0.6 is 27.5 Å². The maximum atomic E-state index is 12.3. The van der Waals surface area contributed by atoms with Crippen LogP contribution in [0.15, 0.2) is 64.7 Å². The van der Waals surface area contributed by atoms with Crippen LogP contribution in [0.4, 0.5) is 0 Å². The second-order valence-electron chi connectivity index (χ2n) is 4.79. The van der Waals surface area contributed by atoms with Crippen molar-refractivity contribution in [3.63, 3.8) is 0 Å². The lowest BCUT2D eigenvalue weighted by Crippen LogP contribution is -1.97. The molecule has 2 aromatic carbocycles. The van der Waals surface area contributed by atoms with E-state index >= 15 is 0 Å². The molecule has 1 nitrogen and oxygen atoms in total. The Morgan fingerprint density at radius 3 is 2.45 bits per heavy atom. The highest BCUT2D eigenvalue weighted by Crippen LogP contribution is 2.19. The number of rotatable bonds is 5. The van der Waals surface area contributed by atoms with Crippen molar-refractivity contribution in [1.29, 1.82) is 0 Å². The van der Waals surface area contributed by atoms with E-state index in [2.05, 4.69) is 15.9 Å². The first-order chi connectivity index (χ1) is 10.6. The highest BCUT2D eigenvalue weighted by Gasteiger charge is 2.04. The number of allylic oxidation sites excluding steroid dienone is 2. The number of ketones is 1. The summed E-state index contributed by atoms with van der Waals surface area (Å²) >= 11 is 9.35. The molecule has 0 N–H and O–H groups in total. The molecule has 0 atom stereocenters. The van der Waals surface area contributed by atoms with Gasteiger partial charge in [0.05, 0.1) is 0 Å². The Labute approximate surface area is 144 Å². The fourth-order valence-corrected chi connectivity index (χ4v) is 2.53. The molecule has 0 aromatic heterocycles. The van der Waals surface area contributed by atoms with E-state index in [4.69, 9.17) is 11.6 Å². The van der Waals surface area contributed by atoms with Crippen LogP contribution in [0.1, 0.15) is 24.5 Å². The zero-order chi connectivity index (χ0) is 15.9. The van der Waals surface area contributed by atoms with Gasteiger partial charge in [0.1, 0.15) is 0 Å². The molecule has 0 unspecified atom stereocenters. The Bertz CT molecular complexity index is 714. The van der Waals surface area contributed by atoms with Gasteiger partial charge in [-0.05, 0) is 59.5 Å². The summed E-state index contributed by atoms with van der Waals surface area (Å²) in [5.74, 6) is 0.0215. The Hall–Kier alpha value is -1.64. The smallest absolute Gasteiger partial charge is 0.181 e. The van der Waals surface area contributed by atoms with Gasteiger partial charge >= 0.3 is 0 Å². The first kappa shape index (κ1) is 16.7. The lowest BCUT2D eigenvalue weighted by Gasteiger charge is -2.02. The average molecular weight is 376 g/mol. The standard InChI is InChI=1S/C19H16BrClO/c1-2-15(13-14-7-10-17(21)11-8-14)19(22)12-9-16-5-3-4-6-18(16)20/h3-13H,2H2,1H3/b12-9+,15-13+. The molecule has 0 aliphatic carbocycles. The van der Waals surface area contributed by atoms with Gasteiger partial charge in [0.25, 0.3) is 0 Å². The molecule has 0 spiro atoms. The molecule has 0 amide bonds. The molecule has 0 saturated carbocycles. The summed E-state index contributed by atoms with van der Waals surface area (Å²) in [6, 6.07) is 15.3. The molecule has 0 bridgehead atoms. The van der Waals surface area contributed by atoms with Crippen LogP contribution in [0.3, 0.4) is 0 Å². The second kappa shape index (κ2) is 8.11. The first-order valence-electron chi connectivity index (χ1n) is 7.03. The van der Waals surface area contributed by atoms with E-state index in [0.717, 1.165) is 21.2 Å². The number of carbonyl (C=O) groups is 1. The molecule has 2 aromatic rings. The van der Waals surface area contributed by atoms with Gasteiger partial charge in [-0.2, -0.15) is 0 Å². The molecule has 0 heterocycles. The number of hydrogen-bond acceptors (Lipinski definition) is 1. The molecule has 0 radical (unpaired) electrons. The van der Waals surface area contributed by atoms with Gasteiger partial charge in [-0.25, -0.2) is 0 Å². The van der Waals surface area contributed by atoms with Crippen LogP contribution < -0.4 is 0 Å². The van der Waals surface area contributed by atoms with E-state index in [1.807, 2.05) is 67.6 Å². The van der Waals surface area contributed by atoms with Crippen molar-refractivity contribution in [1.82, 2.24) is 0 Å². The molecule has 0 aliphatic heterocycles. The highest BCUT2D eigenvalue weighted by molar-refractivity contribution is 9.10. The largest absolute Gasteiger partial charge is 0.290 e. The molecule has 0 saturated heterocycles. The minimum absolute atomic E-state index is 0.0215. The van der Waals surface area contributed by atoms with Crippen LogP contribution in [-0.4, -0.2) is 5.78 Å². The minimum Gasteiger partial charge on any atom is -0.290 e. The van der Waals surface area contributed by atoms with E-state index < -0.39 is 0 Å². The normalized spacial score (nSPS) is 11.9. The SMILES string of the molecule is CC/C(=C\c1ccc(Cl)cc1)C(=O)/C=C/c1ccccc1Br. The van der Waals surface area contributed by atoms with Crippen molar-refractivity contribution < 1.29 is 4.79 Å². The van der Waals surface area contributed by atoms with Gasteiger partial charge in [-0.15, -0.1) is 0 Å². The van der Waals surface area contributed by atoms with Crippen molar-refractivity contribution >= 4 is 45.5 Å². The minimum atomic E-state index is 0.0215. The van der Waals surface area contributed by atoms with Crippen molar-refractivity contribution in [2.45, 2.75) is 13.3 Å². The molecule has 112 valence electrons. The predicted molar refractivity (Wildman–Crippen MR) is 97.9 cm³/mol. The monoisotopic (exact) mass is 374 g/mol. The lowest BCUT2D eigenvalue weighted by molar-refractivity contribution is -0.111. The third-order valence-corrected chi connectivity index (χ3v) is 4.20. The van der Waals surface area contributed by atoms with Crippen molar-refractivity contribution in [3.8, 4) is 0 Å². The highest BCUT2D eigenvalue weighted by atomic mass is 79.9. The molecule has 0 fully saturated rings. The lowest BCUT2D eigenvalue weighted by atomic mass is 10.0. The fourth-order valence-electron chi connectivity index (χ4n) is 1.99. The van der Waals surface area contributed by atoms with Gasteiger partial charge in [-0.1, -0.05) is 64.8 Å². The Kier molecular flexibility index (Phi) is 6.17. The van der Waals surface area contributed by atoms with E-state index in [1.54, 1.807) is 6.08 Å². The second-order valence-corrected chi connectivity index (χ2v) is 6.08. The summed E-state index contributed by atoms with van der Waals surface area (Å²) in [5.41, 5.74) is 2.73. The van der Waals surface area contributed by atoms with Gasteiger partial charge < -0.3 is 0 Å². The summed E-state index contributed by atoms with van der Waals surface area (Å²) in [4.78, 5) is 12.3. The Balaban J connectivity index is 2.19. The van der Waals surface area contributed by atoms with E-state index in [0.29, 0.717) is 11.4 Å². The topological polar surface area (TPSA) is 17.1 Å². The number of benzene rings is 2. The fraction of sp³-hybridized carbons (Fsp3) is 0.105. The molecule has 2 rings (SSSR count). The van der Waals surface area contributed by atoms with Gasteiger partial charge in [0, 0.05) is 9.50 Å². The van der Waals surface area contributed by atoms with E-state index in [9.17, 15) is 4.79 Å². The summed E-state index contributed by atoms with van der Waals surface area (Å²) in [5, 5.41) is 0.690. The summed E-state index contributed by atoms with van der Waals surface area (Å²) in [7, 11) is 0. The predicted octanol–water partition coefficient (Wildman–Crippen LogP) is 6.18. The first-order valence-corrected chi connectivity index (χ1v) is 8.20. The van der Waals surface area contributed by atoms with Crippen LogP contribution in [0, 0.1) is 0 Å². The van der Waals surface area contributed by atoms with Crippen molar-refractivity contribution in [3.05, 3.63) is 80.8 Å². The number of carbonyl (C=O) groups excluding carboxylic acids is 1. The molecular formula is C19H16BrClO. The quantitative estimate of drug-likeness (QED) is 0.570. The van der Waals surface area contributed by atoms with Crippen LogP contribution in [0.5, 0.6) is 0 Å². The summed E-state index contributed by atoms with van der Waals surface area (Å²) in [6.07, 6.45) is 6.04. The number of hydrogen-bond donors (Lipinski definition) is 0. The number of halogens is 2. The maximum absolute atomic E-state index is 12.3. The van der Waals surface area contributed by atoms with Crippen LogP contribution in [-0.2, 0) is 4.79 Å². The van der Waals surface area contributed by atoms with Gasteiger partial charge in [0.15, 0.2) is 5.78 Å². The molecule has 22 heavy (non-hydrogen) atoms. The average Bonchev–Trinajstić information content (AvgIpc) is 2.53. The van der Waals surface area contributed by atoms with Crippen LogP contribution in [0.2, 0.25) is 5.02 Å². The van der Waals surface area contributed by atoms with Crippen LogP contribution in [0.25, 0.3) is 12.2 Å². The molecule has 0 aliphatic rings. The van der Waals surface area contributed by atoms with E-state index in [-0.39, 0.29) is 5.78 Å². The van der Waals surface area contributed by atoms with Gasteiger partial charge in [-0.3, -0.25) is 4.79 Å². The zero-order valence-electron chi connectivity index (χ0n) is 12.2. The van der Waals surface area contributed by atoms with Gasteiger partial charge in [0.2, 0.25) is 0 Å². The zero-order valence-corrected chi connectivity index (χ0v) is 14.6. The Morgan fingerprint density at radius 1 is 1.14 bits per heavy atom. The molecule has 3 heteroatoms. The maximum Gasteiger partial charge on any atom is 0.181 e. The van der Waals surface area contributed by atoms with Crippen molar-refractivity contribution in [2.24, 2.45) is 0 Å². The third kappa shape index (κ3) is 4.69. The third-order valence-electron chi connectivity index (χ3n) is 3.23. The summed E-state index contributed by atoms with van der Waals surface area (Å²) in [6.45, 7) is 1.98.